The van der Waals surface area contributed by atoms with E-state index in [-0.39, 0.29) is 33.9 Å². The van der Waals surface area contributed by atoms with Crippen LogP contribution in [0.15, 0.2) is 76.5 Å². The van der Waals surface area contributed by atoms with Crippen molar-refractivity contribution < 1.29 is 17.6 Å². The summed E-state index contributed by atoms with van der Waals surface area (Å²) in [6.45, 7) is 0. The van der Waals surface area contributed by atoms with E-state index in [2.05, 4.69) is 4.99 Å². The first-order valence-corrected chi connectivity index (χ1v) is 8.50. The summed E-state index contributed by atoms with van der Waals surface area (Å²) in [6, 6.07) is 8.28. The lowest BCUT2D eigenvalue weighted by atomic mass is 9.99. The van der Waals surface area contributed by atoms with E-state index in [1.807, 2.05) is 0 Å². The van der Waals surface area contributed by atoms with Gasteiger partial charge in [0.05, 0.1) is 22.8 Å². The zero-order valence-corrected chi connectivity index (χ0v) is 15.4. The third-order valence-corrected chi connectivity index (χ3v) is 4.11. The highest BCUT2D eigenvalue weighted by atomic mass is 19.1. The van der Waals surface area contributed by atoms with Crippen LogP contribution in [0.25, 0.3) is 0 Å². The first kappa shape index (κ1) is 21.0. The van der Waals surface area contributed by atoms with Gasteiger partial charge in [0, 0.05) is 17.7 Å². The molecule has 0 aliphatic heterocycles. The SMILES string of the molecule is N#C/N=C1\C=CC(=C(C#N)C#N)C=C1N(c1cc(F)cc(F)c1)c1cc(F)cc(F)c1. The summed E-state index contributed by atoms with van der Waals surface area (Å²) in [4.78, 5) is 4.69. The lowest BCUT2D eigenvalue weighted by molar-refractivity contribution is 0.582. The molecule has 1 aliphatic carbocycles. The molecule has 31 heavy (non-hydrogen) atoms. The minimum atomic E-state index is -0.965. The molecule has 0 aromatic heterocycles. The van der Waals surface area contributed by atoms with Crippen LogP contribution in [0.2, 0.25) is 0 Å². The normalized spacial score (nSPS) is 13.8. The van der Waals surface area contributed by atoms with E-state index in [1.165, 1.54) is 18.2 Å². The van der Waals surface area contributed by atoms with Gasteiger partial charge in [0.25, 0.3) is 0 Å². The Bertz CT molecular complexity index is 1210. The van der Waals surface area contributed by atoms with Crippen LogP contribution in [0.1, 0.15) is 0 Å². The molecule has 5 nitrogen and oxygen atoms in total. The van der Waals surface area contributed by atoms with Crippen molar-refractivity contribution in [2.24, 2.45) is 4.99 Å². The number of anilines is 2. The summed E-state index contributed by atoms with van der Waals surface area (Å²) in [5, 5.41) is 27.4. The molecule has 2 aromatic rings. The number of hydrogen-bond acceptors (Lipinski definition) is 5. The quantitative estimate of drug-likeness (QED) is 0.393. The molecular weight excluding hydrogens is 410 g/mol. The minimum absolute atomic E-state index is 0.0316. The molecule has 1 aliphatic rings. The summed E-state index contributed by atoms with van der Waals surface area (Å²) in [6.07, 6.45) is 5.46. The Hall–Kier alpha value is -4.68. The number of nitrogens with zero attached hydrogens (tertiary/aromatic N) is 5. The maximum Gasteiger partial charge on any atom is 0.206 e. The number of halogens is 4. The molecule has 150 valence electrons. The summed E-state index contributed by atoms with van der Waals surface area (Å²) < 4.78 is 55.9. The van der Waals surface area contributed by atoms with Crippen LogP contribution in [-0.2, 0) is 0 Å². The van der Waals surface area contributed by atoms with Crippen molar-refractivity contribution in [1.29, 1.82) is 15.8 Å². The second kappa shape index (κ2) is 8.77. The monoisotopic (exact) mass is 419 g/mol. The van der Waals surface area contributed by atoms with Gasteiger partial charge in [-0.3, -0.25) is 0 Å². The van der Waals surface area contributed by atoms with Gasteiger partial charge < -0.3 is 4.90 Å². The highest BCUT2D eigenvalue weighted by Crippen LogP contribution is 2.35. The largest absolute Gasteiger partial charge is 0.308 e. The molecule has 3 rings (SSSR count). The molecule has 0 saturated heterocycles. The van der Waals surface area contributed by atoms with Gasteiger partial charge in [-0.05, 0) is 36.4 Å². The Morgan fingerprint density at radius 3 is 1.65 bits per heavy atom. The summed E-state index contributed by atoms with van der Waals surface area (Å²) in [5.74, 6) is -3.86. The fraction of sp³-hybridized carbons (Fsp3) is 0. The van der Waals surface area contributed by atoms with E-state index in [0.717, 1.165) is 29.2 Å². The van der Waals surface area contributed by atoms with E-state index in [1.54, 1.807) is 18.3 Å². The molecule has 0 atom stereocenters. The van der Waals surface area contributed by atoms with Crippen molar-refractivity contribution in [2.45, 2.75) is 0 Å². The minimum Gasteiger partial charge on any atom is -0.308 e. The predicted molar refractivity (Wildman–Crippen MR) is 103 cm³/mol. The van der Waals surface area contributed by atoms with Crippen LogP contribution in [0.3, 0.4) is 0 Å². The van der Waals surface area contributed by atoms with E-state index < -0.39 is 23.3 Å². The molecule has 0 amide bonds. The van der Waals surface area contributed by atoms with Crippen LogP contribution in [0, 0.1) is 57.4 Å². The second-order valence-electron chi connectivity index (χ2n) is 6.10. The van der Waals surface area contributed by atoms with Crippen LogP contribution in [-0.4, -0.2) is 5.71 Å². The molecule has 0 bridgehead atoms. The van der Waals surface area contributed by atoms with Gasteiger partial charge in [0.1, 0.15) is 41.0 Å². The van der Waals surface area contributed by atoms with Crippen molar-refractivity contribution in [2.75, 3.05) is 4.90 Å². The number of rotatable bonds is 3. The van der Waals surface area contributed by atoms with Crippen LogP contribution >= 0.6 is 0 Å². The molecule has 0 heterocycles. The van der Waals surface area contributed by atoms with Crippen LogP contribution in [0.5, 0.6) is 0 Å². The van der Waals surface area contributed by atoms with Gasteiger partial charge in [-0.15, -0.1) is 0 Å². The molecule has 0 saturated carbocycles. The van der Waals surface area contributed by atoms with Crippen LogP contribution < -0.4 is 4.90 Å². The molecule has 0 fully saturated rings. The van der Waals surface area contributed by atoms with Crippen molar-refractivity contribution in [3.05, 3.63) is 94.7 Å². The Morgan fingerprint density at radius 2 is 1.23 bits per heavy atom. The second-order valence-corrected chi connectivity index (χ2v) is 6.10. The van der Waals surface area contributed by atoms with Gasteiger partial charge in [-0.25, -0.2) is 17.6 Å². The predicted octanol–water partition coefficient (Wildman–Crippen LogP) is 5.10. The number of hydrogen-bond donors (Lipinski definition) is 0. The van der Waals surface area contributed by atoms with Gasteiger partial charge >= 0.3 is 0 Å². The Labute approximate surface area is 174 Å². The Morgan fingerprint density at radius 1 is 0.742 bits per heavy atom. The number of allylic oxidation sites excluding steroid dienone is 5. The fourth-order valence-corrected chi connectivity index (χ4v) is 2.92. The standard InChI is InChI=1S/C22H9F4N5/c23-15-4-16(24)7-19(6-15)31(20-8-17(25)5-18(26)9-20)22-3-13(14(10-27)11-28)1-2-21(22)30-12-29/h1-9H/b30-21+. The van der Waals surface area contributed by atoms with Crippen molar-refractivity contribution >= 4 is 17.1 Å². The Kier molecular flexibility index (Phi) is 5.95. The van der Waals surface area contributed by atoms with E-state index in [4.69, 9.17) is 15.8 Å². The number of benzene rings is 2. The van der Waals surface area contributed by atoms with Crippen molar-refractivity contribution in [3.8, 4) is 18.3 Å². The first-order chi connectivity index (χ1) is 14.9. The highest BCUT2D eigenvalue weighted by Gasteiger charge is 2.24. The molecular formula is C22H9F4N5. The molecule has 0 unspecified atom stereocenters. The van der Waals surface area contributed by atoms with E-state index in [0.29, 0.717) is 12.1 Å². The molecule has 2 aromatic carbocycles. The average Bonchev–Trinajstić information content (AvgIpc) is 2.69. The van der Waals surface area contributed by atoms with Crippen molar-refractivity contribution in [3.63, 3.8) is 0 Å². The van der Waals surface area contributed by atoms with Crippen LogP contribution in [0.4, 0.5) is 28.9 Å². The topological polar surface area (TPSA) is 87.0 Å². The summed E-state index contributed by atoms with van der Waals surface area (Å²) >= 11 is 0. The average molecular weight is 419 g/mol. The fourth-order valence-electron chi connectivity index (χ4n) is 2.92. The summed E-state index contributed by atoms with van der Waals surface area (Å²) in [7, 11) is 0. The lowest BCUT2D eigenvalue weighted by Gasteiger charge is -2.29. The summed E-state index contributed by atoms with van der Waals surface area (Å²) in [5.41, 5.74) is -0.613. The zero-order valence-electron chi connectivity index (χ0n) is 15.4. The first-order valence-electron chi connectivity index (χ1n) is 8.50. The van der Waals surface area contributed by atoms with E-state index >= 15 is 0 Å². The van der Waals surface area contributed by atoms with Gasteiger partial charge in [-0.2, -0.15) is 20.8 Å². The lowest BCUT2D eigenvalue weighted by Crippen LogP contribution is -2.24. The van der Waals surface area contributed by atoms with E-state index in [9.17, 15) is 17.6 Å². The maximum absolute atomic E-state index is 14.0. The smallest absolute Gasteiger partial charge is 0.206 e. The van der Waals surface area contributed by atoms with Gasteiger partial charge in [-0.1, -0.05) is 6.08 Å². The number of aliphatic imine (C=N–C) groups is 1. The third kappa shape index (κ3) is 4.50. The molecule has 0 N–H and O–H groups in total. The van der Waals surface area contributed by atoms with Gasteiger partial charge in [0.15, 0.2) is 0 Å². The highest BCUT2D eigenvalue weighted by molar-refractivity contribution is 6.14. The number of nitriles is 3. The van der Waals surface area contributed by atoms with Gasteiger partial charge in [0.2, 0.25) is 6.19 Å². The van der Waals surface area contributed by atoms with Crippen molar-refractivity contribution in [1.82, 2.24) is 0 Å². The molecule has 9 heteroatoms. The Balaban J connectivity index is 2.37. The molecule has 0 radical (unpaired) electrons. The zero-order chi connectivity index (χ0) is 22.5. The third-order valence-electron chi connectivity index (χ3n) is 4.11. The maximum atomic E-state index is 14.0. The molecule has 0 spiro atoms.